The molecule has 1 aliphatic rings. The fourth-order valence-corrected chi connectivity index (χ4v) is 2.84. The molecule has 1 aliphatic heterocycles. The van der Waals surface area contributed by atoms with Crippen LogP contribution in [0.5, 0.6) is 0 Å². The van der Waals surface area contributed by atoms with Crippen molar-refractivity contribution in [3.63, 3.8) is 0 Å². The number of nitrogens with zero attached hydrogens (tertiary/aromatic N) is 1. The molecule has 0 radical (unpaired) electrons. The molecule has 1 saturated heterocycles. The van der Waals surface area contributed by atoms with Gasteiger partial charge in [-0.25, -0.2) is 0 Å². The molecule has 1 fully saturated rings. The summed E-state index contributed by atoms with van der Waals surface area (Å²) in [4.78, 5) is 2.13. The number of aliphatic hydroxyl groups is 1. The molecule has 21 heavy (non-hydrogen) atoms. The number of β-amino-alcohol motifs (C(OH)–C–C–N with tert-alkyl or cyclic N) is 1. The lowest BCUT2D eigenvalue weighted by Crippen LogP contribution is -2.27. The van der Waals surface area contributed by atoms with Crippen molar-refractivity contribution in [1.82, 2.24) is 4.90 Å². The predicted octanol–water partition coefficient (Wildman–Crippen LogP) is 3.72. The van der Waals surface area contributed by atoms with Crippen molar-refractivity contribution in [2.45, 2.75) is 32.5 Å². The van der Waals surface area contributed by atoms with Crippen LogP contribution in [-0.2, 0) is 6.18 Å². The zero-order chi connectivity index (χ0) is 15.6. The van der Waals surface area contributed by atoms with E-state index in [2.05, 4.69) is 18.7 Å². The van der Waals surface area contributed by atoms with Crippen LogP contribution in [0.2, 0.25) is 0 Å². The molecule has 1 aromatic rings. The van der Waals surface area contributed by atoms with Gasteiger partial charge < -0.3 is 10.0 Å². The molecule has 0 spiro atoms. The van der Waals surface area contributed by atoms with E-state index in [0.29, 0.717) is 23.9 Å². The van der Waals surface area contributed by atoms with Gasteiger partial charge in [-0.05, 0) is 42.5 Å². The third kappa shape index (κ3) is 4.20. The van der Waals surface area contributed by atoms with Crippen LogP contribution in [0.25, 0.3) is 0 Å². The van der Waals surface area contributed by atoms with Gasteiger partial charge in [-0.15, -0.1) is 0 Å². The van der Waals surface area contributed by atoms with Crippen molar-refractivity contribution in [2.24, 2.45) is 11.8 Å². The first-order chi connectivity index (χ1) is 9.77. The minimum atomic E-state index is -4.37. The van der Waals surface area contributed by atoms with Crippen molar-refractivity contribution in [1.29, 1.82) is 0 Å². The van der Waals surface area contributed by atoms with Gasteiger partial charge in [0.1, 0.15) is 0 Å². The number of hydrogen-bond donors (Lipinski definition) is 1. The quantitative estimate of drug-likeness (QED) is 0.916. The van der Waals surface area contributed by atoms with Crippen molar-refractivity contribution in [3.05, 3.63) is 35.4 Å². The summed E-state index contributed by atoms with van der Waals surface area (Å²) in [6, 6.07) is 4.97. The third-order valence-electron chi connectivity index (χ3n) is 4.28. The fraction of sp³-hybridized carbons (Fsp3) is 0.625. The highest BCUT2D eigenvalue weighted by atomic mass is 19.4. The van der Waals surface area contributed by atoms with Crippen molar-refractivity contribution < 1.29 is 18.3 Å². The second-order valence-electron chi connectivity index (χ2n) is 6.19. The molecule has 2 unspecified atom stereocenters. The standard InChI is InChI=1S/C16H22F3NO/c1-11(2)13-6-7-20(9-13)10-15(21)12-4-3-5-14(8-12)16(17,18)19/h3-5,8,11,13,15,21H,6-7,9-10H2,1-2H3. The topological polar surface area (TPSA) is 23.5 Å². The molecular formula is C16H22F3NO. The van der Waals surface area contributed by atoms with Crippen molar-refractivity contribution >= 4 is 0 Å². The third-order valence-corrected chi connectivity index (χ3v) is 4.28. The highest BCUT2D eigenvalue weighted by Gasteiger charge is 2.31. The smallest absolute Gasteiger partial charge is 0.387 e. The van der Waals surface area contributed by atoms with E-state index in [4.69, 9.17) is 0 Å². The van der Waals surface area contributed by atoms with Crippen molar-refractivity contribution in [2.75, 3.05) is 19.6 Å². The SMILES string of the molecule is CC(C)C1CCN(CC(O)c2cccc(C(F)(F)F)c2)C1. The molecule has 1 N–H and O–H groups in total. The molecule has 0 aliphatic carbocycles. The minimum Gasteiger partial charge on any atom is -0.387 e. The highest BCUT2D eigenvalue weighted by molar-refractivity contribution is 5.27. The average Bonchev–Trinajstić information content (AvgIpc) is 2.86. The Labute approximate surface area is 123 Å². The maximum absolute atomic E-state index is 12.7. The van der Waals surface area contributed by atoms with Crippen LogP contribution in [-0.4, -0.2) is 29.6 Å². The number of hydrogen-bond acceptors (Lipinski definition) is 2. The lowest BCUT2D eigenvalue weighted by molar-refractivity contribution is -0.137. The van der Waals surface area contributed by atoms with Gasteiger partial charge in [0.25, 0.3) is 0 Å². The van der Waals surface area contributed by atoms with Crippen molar-refractivity contribution in [3.8, 4) is 0 Å². The van der Waals surface area contributed by atoms with Gasteiger partial charge in [0.05, 0.1) is 11.7 Å². The Morgan fingerprint density at radius 3 is 2.62 bits per heavy atom. The summed E-state index contributed by atoms with van der Waals surface area (Å²) in [7, 11) is 0. The Kier molecular flexibility index (Phi) is 4.94. The van der Waals surface area contributed by atoms with E-state index in [1.807, 2.05) is 0 Å². The zero-order valence-electron chi connectivity index (χ0n) is 12.4. The molecule has 0 saturated carbocycles. The molecular weight excluding hydrogens is 279 g/mol. The van der Waals surface area contributed by atoms with Crippen LogP contribution >= 0.6 is 0 Å². The monoisotopic (exact) mass is 301 g/mol. The Hall–Kier alpha value is -1.07. The number of benzene rings is 1. The highest BCUT2D eigenvalue weighted by Crippen LogP contribution is 2.31. The molecule has 5 heteroatoms. The van der Waals surface area contributed by atoms with Crippen LogP contribution in [0.3, 0.4) is 0 Å². The van der Waals surface area contributed by atoms with Gasteiger partial charge in [-0.1, -0.05) is 26.0 Å². The van der Waals surface area contributed by atoms with Gasteiger partial charge >= 0.3 is 6.18 Å². The van der Waals surface area contributed by atoms with Crippen LogP contribution in [0.4, 0.5) is 13.2 Å². The molecule has 1 heterocycles. The molecule has 2 rings (SSSR count). The number of aliphatic hydroxyl groups excluding tert-OH is 1. The molecule has 0 aromatic heterocycles. The van der Waals surface area contributed by atoms with Gasteiger partial charge in [0.2, 0.25) is 0 Å². The van der Waals surface area contributed by atoms with Gasteiger partial charge in [-0.2, -0.15) is 13.2 Å². The van der Waals surface area contributed by atoms with E-state index in [-0.39, 0.29) is 0 Å². The Morgan fingerprint density at radius 2 is 2.05 bits per heavy atom. The second-order valence-corrected chi connectivity index (χ2v) is 6.19. The van der Waals surface area contributed by atoms with E-state index in [0.717, 1.165) is 31.6 Å². The molecule has 2 nitrogen and oxygen atoms in total. The van der Waals surface area contributed by atoms with Crippen LogP contribution < -0.4 is 0 Å². The number of likely N-dealkylation sites (tertiary alicyclic amines) is 1. The van der Waals surface area contributed by atoms with E-state index in [1.54, 1.807) is 6.07 Å². The van der Waals surface area contributed by atoms with Crippen LogP contribution in [0.15, 0.2) is 24.3 Å². The summed E-state index contributed by atoms with van der Waals surface area (Å²) in [5, 5.41) is 10.2. The Balaban J connectivity index is 1.99. The first kappa shape index (κ1) is 16.3. The first-order valence-corrected chi connectivity index (χ1v) is 7.35. The maximum atomic E-state index is 12.7. The molecule has 2 atom stereocenters. The summed E-state index contributed by atoms with van der Waals surface area (Å²) in [6.45, 7) is 6.56. The number of alkyl halides is 3. The summed E-state index contributed by atoms with van der Waals surface area (Å²) < 4.78 is 38.1. The largest absolute Gasteiger partial charge is 0.416 e. The summed E-state index contributed by atoms with van der Waals surface area (Å²) in [5.41, 5.74) is -0.377. The fourth-order valence-electron chi connectivity index (χ4n) is 2.84. The maximum Gasteiger partial charge on any atom is 0.416 e. The molecule has 1 aromatic carbocycles. The molecule has 0 bridgehead atoms. The van der Waals surface area contributed by atoms with E-state index >= 15 is 0 Å². The first-order valence-electron chi connectivity index (χ1n) is 7.35. The summed E-state index contributed by atoms with van der Waals surface area (Å²) in [6.07, 6.45) is -4.16. The number of halogens is 3. The zero-order valence-corrected chi connectivity index (χ0v) is 12.4. The average molecular weight is 301 g/mol. The lowest BCUT2D eigenvalue weighted by atomic mass is 9.95. The van der Waals surface area contributed by atoms with Gasteiger partial charge in [0, 0.05) is 13.1 Å². The molecule has 118 valence electrons. The van der Waals surface area contributed by atoms with Crippen LogP contribution in [0.1, 0.15) is 37.5 Å². The van der Waals surface area contributed by atoms with E-state index < -0.39 is 17.8 Å². The number of rotatable bonds is 4. The Morgan fingerprint density at radius 1 is 1.33 bits per heavy atom. The second kappa shape index (κ2) is 6.36. The van der Waals surface area contributed by atoms with E-state index in [9.17, 15) is 18.3 Å². The Bertz CT molecular complexity index is 473. The summed E-state index contributed by atoms with van der Waals surface area (Å²) in [5.74, 6) is 1.21. The minimum absolute atomic E-state index is 0.331. The van der Waals surface area contributed by atoms with Crippen LogP contribution in [0, 0.1) is 11.8 Å². The lowest BCUT2D eigenvalue weighted by Gasteiger charge is -2.21. The normalized spacial score (nSPS) is 22.0. The van der Waals surface area contributed by atoms with E-state index in [1.165, 1.54) is 6.07 Å². The van der Waals surface area contributed by atoms with Gasteiger partial charge in [0.15, 0.2) is 0 Å². The molecule has 0 amide bonds. The van der Waals surface area contributed by atoms with Gasteiger partial charge in [-0.3, -0.25) is 0 Å². The summed E-state index contributed by atoms with van der Waals surface area (Å²) >= 11 is 0. The predicted molar refractivity (Wildman–Crippen MR) is 75.8 cm³/mol.